The molecule has 0 bridgehead atoms. The molecule has 3 N–H and O–H groups in total. The number of thiazole rings is 1. The maximum absolute atomic E-state index is 12.6. The topological polar surface area (TPSA) is 154 Å². The second kappa shape index (κ2) is 10.2. The molecule has 31 heavy (non-hydrogen) atoms. The van der Waals surface area contributed by atoms with Crippen LogP contribution in [-0.4, -0.2) is 60.8 Å². The Morgan fingerprint density at radius 3 is 2.81 bits per heavy atom. The zero-order valence-corrected chi connectivity index (χ0v) is 21.8. The Labute approximate surface area is 215 Å². The van der Waals surface area contributed by atoms with Gasteiger partial charge in [0.05, 0.1) is 23.8 Å². The number of fused-ring (bicyclic) bond motifs is 1. The van der Waals surface area contributed by atoms with Gasteiger partial charge in [-0.25, -0.2) is 4.98 Å². The third-order valence-corrected chi connectivity index (χ3v) is 8.47. The van der Waals surface area contributed by atoms with E-state index in [9.17, 15) is 19.5 Å². The molecule has 2 aromatic rings. The number of carbonyl (C=O) groups is 3. The van der Waals surface area contributed by atoms with E-state index >= 15 is 0 Å². The van der Waals surface area contributed by atoms with Gasteiger partial charge in [-0.1, -0.05) is 23.1 Å². The molecular formula is C16H15N6NaO4S4. The van der Waals surface area contributed by atoms with Crippen LogP contribution in [0.2, 0.25) is 0 Å². The van der Waals surface area contributed by atoms with E-state index in [1.807, 2.05) is 6.92 Å². The summed E-state index contributed by atoms with van der Waals surface area (Å²) in [6.07, 6.45) is 0.00120. The summed E-state index contributed by atoms with van der Waals surface area (Å²) in [6, 6.07) is -0.784. The molecule has 15 heteroatoms. The molecule has 0 saturated carbocycles. The van der Waals surface area contributed by atoms with Crippen molar-refractivity contribution < 1.29 is 49.0 Å². The quantitative estimate of drug-likeness (QED) is 0.221. The first-order valence-electron chi connectivity index (χ1n) is 8.63. The number of thioether (sulfide) groups is 2. The van der Waals surface area contributed by atoms with Gasteiger partial charge in [-0.05, 0) is 12.5 Å². The van der Waals surface area contributed by atoms with Crippen LogP contribution in [0.3, 0.4) is 0 Å². The minimum atomic E-state index is -1.40. The number of amides is 2. The number of carboxylic acids is 1. The number of nitrogens with two attached hydrogens (primary N) is 1. The summed E-state index contributed by atoms with van der Waals surface area (Å²) in [6.45, 7) is 1.84. The molecule has 10 nitrogen and oxygen atoms in total. The number of aliphatic carboxylic acids is 1. The zero-order chi connectivity index (χ0) is 21.4. The molecule has 1 unspecified atom stereocenters. The Morgan fingerprint density at radius 2 is 2.19 bits per heavy atom. The summed E-state index contributed by atoms with van der Waals surface area (Å²) >= 11 is 5.43. The number of β-lactam (4-membered cyclic amide) rings is 1. The number of nitrogen functional groups attached to an aromatic ring is 1. The molecule has 4 rings (SSSR count). The number of aryl methyl sites for hydroxylation is 1. The first-order chi connectivity index (χ1) is 14.3. The van der Waals surface area contributed by atoms with E-state index in [0.29, 0.717) is 27.9 Å². The van der Waals surface area contributed by atoms with Crippen LogP contribution < -0.4 is 45.7 Å². The number of hydrogen-bond acceptors (Lipinski definition) is 12. The van der Waals surface area contributed by atoms with Crippen molar-refractivity contribution in [1.29, 1.82) is 0 Å². The van der Waals surface area contributed by atoms with Crippen LogP contribution in [0.4, 0.5) is 5.13 Å². The Hall–Kier alpha value is -1.16. The predicted molar refractivity (Wildman–Crippen MR) is 113 cm³/mol. The molecule has 0 spiro atoms. The second-order valence-electron chi connectivity index (χ2n) is 6.42. The summed E-state index contributed by atoms with van der Waals surface area (Å²) in [5.74, 6) is -1.46. The van der Waals surface area contributed by atoms with Gasteiger partial charge in [0, 0.05) is 16.9 Å². The predicted octanol–water partition coefficient (Wildman–Crippen LogP) is -3.37. The molecule has 4 heterocycles. The van der Waals surface area contributed by atoms with E-state index < -0.39 is 23.3 Å². The van der Waals surface area contributed by atoms with Crippen LogP contribution in [-0.2, 0) is 20.8 Å². The van der Waals surface area contributed by atoms with Gasteiger partial charge >= 0.3 is 29.6 Å². The summed E-state index contributed by atoms with van der Waals surface area (Å²) in [5.41, 5.74) is 6.56. The van der Waals surface area contributed by atoms with E-state index in [-0.39, 0.29) is 47.6 Å². The first-order valence-corrected chi connectivity index (χ1v) is 12.4. The minimum Gasteiger partial charge on any atom is -0.543 e. The molecule has 0 radical (unpaired) electrons. The van der Waals surface area contributed by atoms with E-state index in [0.717, 1.165) is 9.35 Å². The van der Waals surface area contributed by atoms with Gasteiger partial charge in [0.25, 0.3) is 5.91 Å². The van der Waals surface area contributed by atoms with Crippen LogP contribution in [0.5, 0.6) is 0 Å². The maximum atomic E-state index is 12.6. The van der Waals surface area contributed by atoms with Crippen LogP contribution in [0.25, 0.3) is 0 Å². The van der Waals surface area contributed by atoms with Crippen LogP contribution in [0.15, 0.2) is 21.0 Å². The number of anilines is 1. The summed E-state index contributed by atoms with van der Waals surface area (Å²) in [7, 11) is 0. The largest absolute Gasteiger partial charge is 1.00 e. The first kappa shape index (κ1) is 24.5. The molecule has 2 amide bonds. The number of hydrogen-bond donors (Lipinski definition) is 2. The third kappa shape index (κ3) is 5.26. The van der Waals surface area contributed by atoms with Crippen molar-refractivity contribution in [3.63, 3.8) is 0 Å². The molecule has 2 aromatic heterocycles. The average molecular weight is 507 g/mol. The van der Waals surface area contributed by atoms with Crippen LogP contribution >= 0.6 is 46.2 Å². The van der Waals surface area contributed by atoms with Gasteiger partial charge < -0.3 is 21.0 Å². The zero-order valence-electron chi connectivity index (χ0n) is 16.5. The van der Waals surface area contributed by atoms with E-state index in [1.54, 1.807) is 5.38 Å². The summed E-state index contributed by atoms with van der Waals surface area (Å²) in [5, 5.41) is 24.8. The number of rotatable bonds is 7. The fourth-order valence-electron chi connectivity index (χ4n) is 3.06. The Morgan fingerprint density at radius 1 is 1.42 bits per heavy atom. The number of nitrogens with one attached hydrogen (secondary N) is 1. The molecular weight excluding hydrogens is 491 g/mol. The standard InChI is InChI=1S/C16H16N6O4S4.Na/c1-6-20-21-16(30-6)29-4-7-3-27-13-10(12(24)22(13)11(7)14(25)26)19-9(23)2-8-5-28-15(17)18-8;/h5,10,13H,2-4H2,1H3,(H2,17,18)(H,19,23)(H,25,26);/q;+1/p-1/t10?,13-;/m0./s1. The van der Waals surface area contributed by atoms with Crippen molar-refractivity contribution in [3.8, 4) is 0 Å². The van der Waals surface area contributed by atoms with Gasteiger partial charge in [-0.15, -0.1) is 33.3 Å². The van der Waals surface area contributed by atoms with E-state index in [1.165, 1.54) is 51.1 Å². The van der Waals surface area contributed by atoms with Gasteiger partial charge in [-0.3, -0.25) is 14.5 Å². The van der Waals surface area contributed by atoms with E-state index in [2.05, 4.69) is 20.5 Å². The molecule has 0 aliphatic carbocycles. The second-order valence-corrected chi connectivity index (χ2v) is 10.8. The Balaban J connectivity index is 0.00000272. The van der Waals surface area contributed by atoms with Crippen LogP contribution in [0, 0.1) is 6.92 Å². The number of carboxylic acid groups (broad SMARTS) is 1. The molecule has 2 aliphatic rings. The van der Waals surface area contributed by atoms with Gasteiger partial charge in [0.15, 0.2) is 9.47 Å². The number of carbonyl (C=O) groups excluding carboxylic acids is 3. The molecule has 1 saturated heterocycles. The number of aromatic nitrogens is 3. The van der Waals surface area contributed by atoms with Crippen LogP contribution in [0.1, 0.15) is 10.7 Å². The Bertz CT molecular complexity index is 1060. The SMILES string of the molecule is Cc1nnc(SCC2=C(C(=O)[O-])N3C(=O)C(NC(=O)Cc4csc(N)n4)[C@@H]3SC2)s1.[Na+]. The van der Waals surface area contributed by atoms with Crippen molar-refractivity contribution in [2.75, 3.05) is 17.2 Å². The van der Waals surface area contributed by atoms with Gasteiger partial charge in [0.2, 0.25) is 5.91 Å². The van der Waals surface area contributed by atoms with Gasteiger partial charge in [-0.2, -0.15) is 0 Å². The molecule has 1 fully saturated rings. The molecule has 2 atom stereocenters. The minimum absolute atomic E-state index is 0. The fourth-order valence-corrected chi connectivity index (χ4v) is 6.92. The van der Waals surface area contributed by atoms with Gasteiger partial charge in [0.1, 0.15) is 16.4 Å². The van der Waals surface area contributed by atoms with Crippen molar-refractivity contribution in [3.05, 3.63) is 27.4 Å². The summed E-state index contributed by atoms with van der Waals surface area (Å²) in [4.78, 5) is 41.9. The third-order valence-electron chi connectivity index (χ3n) is 4.35. The Kier molecular flexibility index (Phi) is 8.05. The molecule has 0 aromatic carbocycles. The normalized spacial score (nSPS) is 20.0. The monoisotopic (exact) mass is 506 g/mol. The smallest absolute Gasteiger partial charge is 0.543 e. The number of nitrogens with zero attached hydrogens (tertiary/aromatic N) is 4. The maximum Gasteiger partial charge on any atom is 1.00 e. The van der Waals surface area contributed by atoms with Crippen molar-refractivity contribution >= 4 is 69.1 Å². The fraction of sp³-hybridized carbons (Fsp3) is 0.375. The molecule has 2 aliphatic heterocycles. The van der Waals surface area contributed by atoms with Crippen molar-refractivity contribution in [1.82, 2.24) is 25.4 Å². The summed E-state index contributed by atoms with van der Waals surface area (Å²) < 4.78 is 0.729. The molecule has 158 valence electrons. The van der Waals surface area contributed by atoms with Crippen molar-refractivity contribution in [2.45, 2.75) is 29.1 Å². The van der Waals surface area contributed by atoms with E-state index in [4.69, 9.17) is 5.73 Å². The average Bonchev–Trinajstić information content (AvgIpc) is 3.31. The van der Waals surface area contributed by atoms with Crippen molar-refractivity contribution in [2.24, 2.45) is 0 Å².